The number of nitrogens with two attached hydrogens (primary N) is 1. The van der Waals surface area contributed by atoms with Crippen molar-refractivity contribution in [3.8, 4) is 11.5 Å². The molecule has 1 heterocycles. The van der Waals surface area contributed by atoms with Crippen molar-refractivity contribution in [1.29, 1.82) is 0 Å². The van der Waals surface area contributed by atoms with E-state index in [1.807, 2.05) is 12.1 Å². The van der Waals surface area contributed by atoms with Gasteiger partial charge in [-0.1, -0.05) is 18.5 Å². The minimum absolute atomic E-state index is 0.0270. The molecule has 1 saturated carbocycles. The molecule has 0 amide bonds. The summed E-state index contributed by atoms with van der Waals surface area (Å²) in [5, 5.41) is 0.680. The maximum atomic E-state index is 6.33. The first-order valence-electron chi connectivity index (χ1n) is 6.51. The quantitative estimate of drug-likeness (QED) is 0.915. The van der Waals surface area contributed by atoms with Crippen molar-refractivity contribution in [2.24, 2.45) is 17.6 Å². The lowest BCUT2D eigenvalue weighted by Gasteiger charge is -2.24. The molecule has 1 aromatic carbocycles. The topological polar surface area (TPSA) is 44.5 Å². The molecular weight excluding hydrogens is 250 g/mol. The van der Waals surface area contributed by atoms with Crippen LogP contribution in [0, 0.1) is 11.8 Å². The summed E-state index contributed by atoms with van der Waals surface area (Å²) < 4.78 is 11.1. The van der Waals surface area contributed by atoms with Gasteiger partial charge < -0.3 is 15.2 Å². The van der Waals surface area contributed by atoms with Gasteiger partial charge in [-0.2, -0.15) is 0 Å². The molecule has 98 valence electrons. The van der Waals surface area contributed by atoms with Crippen molar-refractivity contribution in [3.05, 3.63) is 22.7 Å². The molecule has 18 heavy (non-hydrogen) atoms. The van der Waals surface area contributed by atoms with Gasteiger partial charge in [0.1, 0.15) is 13.2 Å². The Kier molecular flexibility index (Phi) is 3.12. The fourth-order valence-corrected chi connectivity index (χ4v) is 2.81. The summed E-state index contributed by atoms with van der Waals surface area (Å²) in [6.07, 6.45) is 2.58. The zero-order chi connectivity index (χ0) is 12.7. The zero-order valence-corrected chi connectivity index (χ0v) is 11.2. The van der Waals surface area contributed by atoms with Gasteiger partial charge in [-0.15, -0.1) is 0 Å². The number of halogens is 1. The van der Waals surface area contributed by atoms with Crippen molar-refractivity contribution in [3.63, 3.8) is 0 Å². The van der Waals surface area contributed by atoms with Crippen LogP contribution in [0.25, 0.3) is 0 Å². The molecule has 2 aliphatic rings. The third kappa shape index (κ3) is 2.17. The molecule has 1 fully saturated rings. The summed E-state index contributed by atoms with van der Waals surface area (Å²) >= 11 is 6.31. The van der Waals surface area contributed by atoms with E-state index in [1.165, 1.54) is 12.8 Å². The lowest BCUT2D eigenvalue weighted by molar-refractivity contribution is 0.171. The van der Waals surface area contributed by atoms with Gasteiger partial charge in [0.25, 0.3) is 0 Å². The first kappa shape index (κ1) is 12.1. The van der Waals surface area contributed by atoms with E-state index in [9.17, 15) is 0 Å². The average Bonchev–Trinajstić information content (AvgIpc) is 3.20. The summed E-state index contributed by atoms with van der Waals surface area (Å²) in [6.45, 7) is 3.37. The highest BCUT2D eigenvalue weighted by atomic mass is 35.5. The number of ether oxygens (including phenoxy) is 2. The standard InChI is InChI=1S/C14H18ClNO2/c1-8(9-2-3-9)14(16)10-6-12-13(7-11(10)15)18-5-4-17-12/h6-9,14H,2-5,16H2,1H3. The highest BCUT2D eigenvalue weighted by Crippen LogP contribution is 2.45. The molecule has 3 nitrogen and oxygen atoms in total. The second-order valence-corrected chi connectivity index (χ2v) is 5.65. The fraction of sp³-hybridized carbons (Fsp3) is 0.571. The molecule has 0 spiro atoms. The Balaban J connectivity index is 1.90. The first-order chi connectivity index (χ1) is 8.66. The van der Waals surface area contributed by atoms with Crippen molar-refractivity contribution in [2.45, 2.75) is 25.8 Å². The molecule has 4 heteroatoms. The van der Waals surface area contributed by atoms with E-state index < -0.39 is 0 Å². The summed E-state index contributed by atoms with van der Waals surface area (Å²) in [6, 6.07) is 3.74. The molecule has 2 atom stereocenters. The summed E-state index contributed by atoms with van der Waals surface area (Å²) in [5.74, 6) is 2.70. The van der Waals surface area contributed by atoms with Crippen molar-refractivity contribution in [2.75, 3.05) is 13.2 Å². The van der Waals surface area contributed by atoms with Crippen LogP contribution in [0.4, 0.5) is 0 Å². The minimum atomic E-state index is -0.0270. The Morgan fingerprint density at radius 2 is 1.83 bits per heavy atom. The minimum Gasteiger partial charge on any atom is -0.486 e. The predicted molar refractivity (Wildman–Crippen MR) is 71.3 cm³/mol. The van der Waals surface area contributed by atoms with E-state index in [4.69, 9.17) is 26.8 Å². The Bertz CT molecular complexity index is 459. The van der Waals surface area contributed by atoms with E-state index >= 15 is 0 Å². The average molecular weight is 268 g/mol. The monoisotopic (exact) mass is 267 g/mol. The van der Waals surface area contributed by atoms with Gasteiger partial charge in [0.2, 0.25) is 0 Å². The van der Waals surface area contributed by atoms with Crippen LogP contribution in [0.5, 0.6) is 11.5 Å². The third-order valence-electron chi connectivity index (χ3n) is 3.95. The van der Waals surface area contributed by atoms with E-state index in [1.54, 1.807) is 0 Å². The van der Waals surface area contributed by atoms with Crippen LogP contribution in [-0.4, -0.2) is 13.2 Å². The first-order valence-corrected chi connectivity index (χ1v) is 6.89. The predicted octanol–water partition coefficient (Wildman–Crippen LogP) is 3.16. The normalized spacial score (nSPS) is 21.5. The maximum absolute atomic E-state index is 6.33. The summed E-state index contributed by atoms with van der Waals surface area (Å²) in [7, 11) is 0. The smallest absolute Gasteiger partial charge is 0.162 e. The third-order valence-corrected chi connectivity index (χ3v) is 4.28. The zero-order valence-electron chi connectivity index (χ0n) is 10.5. The van der Waals surface area contributed by atoms with Crippen LogP contribution in [0.3, 0.4) is 0 Å². The van der Waals surface area contributed by atoms with Crippen LogP contribution >= 0.6 is 11.6 Å². The van der Waals surface area contributed by atoms with Crippen LogP contribution < -0.4 is 15.2 Å². The van der Waals surface area contributed by atoms with E-state index in [0.717, 1.165) is 23.0 Å². The second kappa shape index (κ2) is 4.63. The number of hydrogen-bond acceptors (Lipinski definition) is 3. The van der Waals surface area contributed by atoms with Crippen molar-refractivity contribution in [1.82, 2.24) is 0 Å². The van der Waals surface area contributed by atoms with Crippen LogP contribution in [0.15, 0.2) is 12.1 Å². The molecule has 0 saturated heterocycles. The number of fused-ring (bicyclic) bond motifs is 1. The molecule has 0 bridgehead atoms. The summed E-state index contributed by atoms with van der Waals surface area (Å²) in [4.78, 5) is 0. The molecule has 2 N–H and O–H groups in total. The molecule has 3 rings (SSSR count). The molecular formula is C14H18ClNO2. The van der Waals surface area contributed by atoms with Gasteiger partial charge in [-0.25, -0.2) is 0 Å². The van der Waals surface area contributed by atoms with E-state index in [0.29, 0.717) is 24.2 Å². The number of hydrogen-bond donors (Lipinski definition) is 1. The Labute approximate surface area is 112 Å². The van der Waals surface area contributed by atoms with Gasteiger partial charge in [0.05, 0.1) is 0 Å². The lowest BCUT2D eigenvalue weighted by Crippen LogP contribution is -2.22. The Morgan fingerprint density at radius 1 is 1.22 bits per heavy atom. The van der Waals surface area contributed by atoms with Gasteiger partial charge in [0, 0.05) is 17.1 Å². The largest absolute Gasteiger partial charge is 0.486 e. The Hall–Kier alpha value is -0.930. The summed E-state index contributed by atoms with van der Waals surface area (Å²) in [5.41, 5.74) is 7.31. The molecule has 1 aliphatic carbocycles. The Morgan fingerprint density at radius 3 is 2.44 bits per heavy atom. The van der Waals surface area contributed by atoms with Crippen LogP contribution in [0.2, 0.25) is 5.02 Å². The highest BCUT2D eigenvalue weighted by molar-refractivity contribution is 6.31. The molecule has 2 unspecified atom stereocenters. The number of rotatable bonds is 3. The number of benzene rings is 1. The lowest BCUT2D eigenvalue weighted by atomic mass is 9.91. The van der Waals surface area contributed by atoms with Gasteiger partial charge in [-0.3, -0.25) is 0 Å². The SMILES string of the molecule is CC(C1CC1)C(N)c1cc2c(cc1Cl)OCCO2. The van der Waals surface area contributed by atoms with Crippen molar-refractivity contribution >= 4 is 11.6 Å². The maximum Gasteiger partial charge on any atom is 0.162 e. The fourth-order valence-electron chi connectivity index (χ4n) is 2.53. The van der Waals surface area contributed by atoms with E-state index in [2.05, 4.69) is 6.92 Å². The molecule has 0 aromatic heterocycles. The van der Waals surface area contributed by atoms with E-state index in [-0.39, 0.29) is 6.04 Å². The molecule has 0 radical (unpaired) electrons. The second-order valence-electron chi connectivity index (χ2n) is 5.24. The van der Waals surface area contributed by atoms with Gasteiger partial charge in [0.15, 0.2) is 11.5 Å². The highest BCUT2D eigenvalue weighted by Gasteiger charge is 2.33. The molecule has 1 aliphatic heterocycles. The van der Waals surface area contributed by atoms with Gasteiger partial charge in [-0.05, 0) is 36.3 Å². The molecule has 1 aromatic rings. The van der Waals surface area contributed by atoms with Gasteiger partial charge >= 0.3 is 0 Å². The van der Waals surface area contributed by atoms with Crippen LogP contribution in [-0.2, 0) is 0 Å². The van der Waals surface area contributed by atoms with Crippen molar-refractivity contribution < 1.29 is 9.47 Å². The van der Waals surface area contributed by atoms with Crippen LogP contribution in [0.1, 0.15) is 31.4 Å².